The largest absolute Gasteiger partial charge is 0.372 e. The van der Waals surface area contributed by atoms with E-state index in [-0.39, 0.29) is 6.42 Å². The van der Waals surface area contributed by atoms with Gasteiger partial charge in [-0.3, -0.25) is 0 Å². The minimum absolute atomic E-state index is 0.275. The minimum Gasteiger partial charge on any atom is -0.372 e. The van der Waals surface area contributed by atoms with Gasteiger partial charge in [-0.25, -0.2) is 18.7 Å². The van der Waals surface area contributed by atoms with Crippen LogP contribution < -0.4 is 5.32 Å². The van der Waals surface area contributed by atoms with Gasteiger partial charge in [-0.1, -0.05) is 0 Å². The SMILES string of the molecule is CNc1nc(Cc2cc(F)cc(F)c2)nc(C)c1Br. The lowest BCUT2D eigenvalue weighted by atomic mass is 10.1. The predicted molar refractivity (Wildman–Crippen MR) is 73.2 cm³/mol. The lowest BCUT2D eigenvalue weighted by molar-refractivity contribution is 0.580. The van der Waals surface area contributed by atoms with Crippen molar-refractivity contribution in [2.45, 2.75) is 13.3 Å². The number of hydrogen-bond donors (Lipinski definition) is 1. The first kappa shape index (κ1) is 13.9. The fourth-order valence-electron chi connectivity index (χ4n) is 1.76. The molecule has 1 heterocycles. The van der Waals surface area contributed by atoms with E-state index in [2.05, 4.69) is 31.2 Å². The molecule has 0 amide bonds. The van der Waals surface area contributed by atoms with E-state index in [9.17, 15) is 8.78 Å². The van der Waals surface area contributed by atoms with Gasteiger partial charge in [0.1, 0.15) is 23.3 Å². The van der Waals surface area contributed by atoms with Gasteiger partial charge in [0.2, 0.25) is 0 Å². The van der Waals surface area contributed by atoms with Gasteiger partial charge in [-0.05, 0) is 40.5 Å². The molecule has 0 radical (unpaired) electrons. The maximum Gasteiger partial charge on any atom is 0.144 e. The third kappa shape index (κ3) is 3.26. The van der Waals surface area contributed by atoms with Crippen LogP contribution >= 0.6 is 15.9 Å². The first-order valence-corrected chi connectivity index (χ1v) is 6.44. The molecule has 0 fully saturated rings. The van der Waals surface area contributed by atoms with Crippen LogP contribution in [0.3, 0.4) is 0 Å². The van der Waals surface area contributed by atoms with Crippen LogP contribution in [0.4, 0.5) is 14.6 Å². The number of hydrogen-bond acceptors (Lipinski definition) is 3. The maximum absolute atomic E-state index is 13.1. The second-order valence-corrected chi connectivity index (χ2v) is 4.89. The summed E-state index contributed by atoms with van der Waals surface area (Å²) >= 11 is 3.38. The maximum atomic E-state index is 13.1. The number of halogens is 3. The Labute approximate surface area is 118 Å². The number of nitrogens with zero attached hydrogens (tertiary/aromatic N) is 2. The highest BCUT2D eigenvalue weighted by atomic mass is 79.9. The molecule has 0 saturated heterocycles. The number of rotatable bonds is 3. The summed E-state index contributed by atoms with van der Waals surface area (Å²) in [6.07, 6.45) is 0.275. The molecule has 3 nitrogen and oxygen atoms in total. The molecule has 0 aliphatic rings. The lowest BCUT2D eigenvalue weighted by Gasteiger charge is -2.08. The molecule has 1 N–H and O–H groups in total. The van der Waals surface area contributed by atoms with Gasteiger partial charge >= 0.3 is 0 Å². The fourth-order valence-corrected chi connectivity index (χ4v) is 2.13. The number of nitrogens with one attached hydrogen (secondary N) is 1. The number of aryl methyl sites for hydroxylation is 1. The highest BCUT2D eigenvalue weighted by Gasteiger charge is 2.10. The van der Waals surface area contributed by atoms with Crippen molar-refractivity contribution in [2.24, 2.45) is 0 Å². The van der Waals surface area contributed by atoms with E-state index >= 15 is 0 Å². The Hall–Kier alpha value is -1.56. The molecule has 2 aromatic rings. The van der Waals surface area contributed by atoms with Crippen LogP contribution in [-0.4, -0.2) is 17.0 Å². The Morgan fingerprint density at radius 3 is 2.37 bits per heavy atom. The first-order valence-electron chi connectivity index (χ1n) is 5.65. The molecule has 0 aliphatic carbocycles. The average molecular weight is 328 g/mol. The monoisotopic (exact) mass is 327 g/mol. The summed E-state index contributed by atoms with van der Waals surface area (Å²) < 4.78 is 27.0. The predicted octanol–water partition coefficient (Wildman–Crippen LogP) is 3.46. The molecule has 1 aromatic heterocycles. The van der Waals surface area contributed by atoms with Gasteiger partial charge in [-0.2, -0.15) is 0 Å². The smallest absolute Gasteiger partial charge is 0.144 e. The fraction of sp³-hybridized carbons (Fsp3) is 0.231. The molecular formula is C13H12BrF2N3. The second kappa shape index (κ2) is 5.61. The normalized spacial score (nSPS) is 10.6. The van der Waals surface area contributed by atoms with Crippen LogP contribution in [0.5, 0.6) is 0 Å². The molecule has 19 heavy (non-hydrogen) atoms. The van der Waals surface area contributed by atoms with Gasteiger partial charge in [0.25, 0.3) is 0 Å². The van der Waals surface area contributed by atoms with Gasteiger partial charge < -0.3 is 5.32 Å². The van der Waals surface area contributed by atoms with E-state index in [0.29, 0.717) is 17.2 Å². The number of anilines is 1. The van der Waals surface area contributed by atoms with Gasteiger partial charge in [0, 0.05) is 19.5 Å². The van der Waals surface area contributed by atoms with E-state index in [4.69, 9.17) is 0 Å². The third-order valence-electron chi connectivity index (χ3n) is 2.58. The summed E-state index contributed by atoms with van der Waals surface area (Å²) in [5.41, 5.74) is 1.27. The Bertz CT molecular complexity index is 597. The average Bonchev–Trinajstić information content (AvgIpc) is 2.32. The molecule has 100 valence electrons. The van der Waals surface area contributed by atoms with Crippen molar-refractivity contribution in [3.63, 3.8) is 0 Å². The quantitative estimate of drug-likeness (QED) is 0.938. The van der Waals surface area contributed by atoms with Gasteiger partial charge in [-0.15, -0.1) is 0 Å². The summed E-state index contributed by atoms with van der Waals surface area (Å²) in [5.74, 6) is -0.0372. The van der Waals surface area contributed by atoms with Crippen LogP contribution in [0, 0.1) is 18.6 Å². The third-order valence-corrected chi connectivity index (χ3v) is 3.53. The van der Waals surface area contributed by atoms with Crippen molar-refractivity contribution in [3.8, 4) is 0 Å². The minimum atomic E-state index is -0.599. The number of aromatic nitrogens is 2. The van der Waals surface area contributed by atoms with Crippen LogP contribution in [-0.2, 0) is 6.42 Å². The molecule has 0 atom stereocenters. The molecule has 0 unspecified atom stereocenters. The molecule has 0 bridgehead atoms. The molecule has 0 aliphatic heterocycles. The van der Waals surface area contributed by atoms with E-state index < -0.39 is 11.6 Å². The summed E-state index contributed by atoms with van der Waals surface area (Å²) in [6, 6.07) is 3.40. The van der Waals surface area contributed by atoms with Crippen molar-refractivity contribution in [1.82, 2.24) is 9.97 Å². The molecule has 0 spiro atoms. The van der Waals surface area contributed by atoms with Crippen LogP contribution in [0.2, 0.25) is 0 Å². The summed E-state index contributed by atoms with van der Waals surface area (Å²) in [5, 5.41) is 2.94. The summed E-state index contributed by atoms with van der Waals surface area (Å²) in [7, 11) is 1.75. The van der Waals surface area contributed by atoms with Crippen LogP contribution in [0.15, 0.2) is 22.7 Å². The number of benzene rings is 1. The van der Waals surface area contributed by atoms with Crippen molar-refractivity contribution >= 4 is 21.7 Å². The highest BCUT2D eigenvalue weighted by Crippen LogP contribution is 2.23. The first-order chi connectivity index (χ1) is 8.99. The second-order valence-electron chi connectivity index (χ2n) is 4.09. The molecule has 1 aromatic carbocycles. The summed E-state index contributed by atoms with van der Waals surface area (Å²) in [6.45, 7) is 1.84. The zero-order valence-electron chi connectivity index (χ0n) is 10.5. The Balaban J connectivity index is 2.35. The van der Waals surface area contributed by atoms with E-state index in [1.807, 2.05) is 6.92 Å². The summed E-state index contributed by atoms with van der Waals surface area (Å²) in [4.78, 5) is 8.59. The Morgan fingerprint density at radius 2 is 1.79 bits per heavy atom. The van der Waals surface area contributed by atoms with Crippen molar-refractivity contribution in [3.05, 3.63) is 51.4 Å². The zero-order valence-corrected chi connectivity index (χ0v) is 12.1. The van der Waals surface area contributed by atoms with Crippen molar-refractivity contribution < 1.29 is 8.78 Å². The van der Waals surface area contributed by atoms with Crippen LogP contribution in [0.1, 0.15) is 17.1 Å². The lowest BCUT2D eigenvalue weighted by Crippen LogP contribution is -2.04. The van der Waals surface area contributed by atoms with Gasteiger partial charge in [0.15, 0.2) is 0 Å². The van der Waals surface area contributed by atoms with Crippen LogP contribution in [0.25, 0.3) is 0 Å². The van der Waals surface area contributed by atoms with E-state index in [1.54, 1.807) is 7.05 Å². The van der Waals surface area contributed by atoms with Crippen molar-refractivity contribution in [1.29, 1.82) is 0 Å². The highest BCUT2D eigenvalue weighted by molar-refractivity contribution is 9.10. The zero-order chi connectivity index (χ0) is 14.0. The van der Waals surface area contributed by atoms with Crippen molar-refractivity contribution in [2.75, 3.05) is 12.4 Å². The topological polar surface area (TPSA) is 37.8 Å². The van der Waals surface area contributed by atoms with Gasteiger partial charge in [0.05, 0.1) is 10.2 Å². The molecular weight excluding hydrogens is 316 g/mol. The van der Waals surface area contributed by atoms with E-state index in [0.717, 1.165) is 16.2 Å². The Morgan fingerprint density at radius 1 is 1.16 bits per heavy atom. The molecule has 0 saturated carbocycles. The van der Waals surface area contributed by atoms with E-state index in [1.165, 1.54) is 12.1 Å². The Kier molecular flexibility index (Phi) is 4.09. The molecule has 6 heteroatoms. The standard InChI is InChI=1S/C13H12BrF2N3/c1-7-12(14)13(17-2)19-11(18-7)5-8-3-9(15)6-10(16)4-8/h3-4,6H,5H2,1-2H3,(H,17,18,19). The molecule has 2 rings (SSSR count).